The molecule has 3 aliphatic rings. The maximum absolute atomic E-state index is 13.0. The van der Waals surface area contributed by atoms with Gasteiger partial charge in [-0.25, -0.2) is 4.79 Å². The van der Waals surface area contributed by atoms with Crippen molar-refractivity contribution in [2.75, 3.05) is 26.7 Å². The molecule has 2 aromatic carbocycles. The number of amides is 4. The summed E-state index contributed by atoms with van der Waals surface area (Å²) in [6.45, 7) is 2.00. The number of likely N-dealkylation sites (tertiary alicyclic amines) is 1. The second kappa shape index (κ2) is 8.80. The number of nitrogens with one attached hydrogen (secondary N) is 3. The summed E-state index contributed by atoms with van der Waals surface area (Å²) in [5.74, 6) is 6.11. The summed E-state index contributed by atoms with van der Waals surface area (Å²) in [5, 5.41) is 13.2. The number of urea groups is 1. The Labute approximate surface area is 202 Å². The molecule has 35 heavy (non-hydrogen) atoms. The fraction of sp³-hybridized carbons (Fsp3) is 0.308. The van der Waals surface area contributed by atoms with Crippen molar-refractivity contribution in [3.8, 4) is 17.6 Å². The largest absolute Gasteiger partial charge is 0.497 e. The Hall–Kier alpha value is -4.32. The molecule has 0 aromatic heterocycles. The van der Waals surface area contributed by atoms with E-state index in [0.717, 1.165) is 37.1 Å². The first kappa shape index (κ1) is 22.5. The Bertz CT molecular complexity index is 1290. The molecule has 3 heterocycles. The van der Waals surface area contributed by atoms with E-state index in [1.165, 1.54) is 12.0 Å². The van der Waals surface area contributed by atoms with Crippen LogP contribution in [0, 0.1) is 17.3 Å². The smallest absolute Gasteiger partial charge is 0.323 e. The molecule has 5 rings (SSSR count). The van der Waals surface area contributed by atoms with E-state index >= 15 is 0 Å². The van der Waals surface area contributed by atoms with E-state index in [1.807, 2.05) is 18.2 Å². The Morgan fingerprint density at radius 1 is 1.11 bits per heavy atom. The van der Waals surface area contributed by atoms with Crippen molar-refractivity contribution in [1.29, 1.82) is 5.41 Å². The molecular weight excluding hydrogens is 446 g/mol. The molecule has 9 nitrogen and oxygen atoms in total. The van der Waals surface area contributed by atoms with Gasteiger partial charge in [0.25, 0.3) is 11.8 Å². The summed E-state index contributed by atoms with van der Waals surface area (Å²) >= 11 is 0. The topological polar surface area (TPSA) is 115 Å². The SMILES string of the molecule is COc1ccc2c(c1)C(=O)N(C[C@@]1(C#Cc3ccc(C(=N)N4CCCC4)cc3)NC(=O)NC1=O)C2. The van der Waals surface area contributed by atoms with Crippen LogP contribution in [0.4, 0.5) is 4.79 Å². The van der Waals surface area contributed by atoms with Gasteiger partial charge in [0.1, 0.15) is 11.6 Å². The second-order valence-electron chi connectivity index (χ2n) is 8.87. The van der Waals surface area contributed by atoms with Crippen LogP contribution in [-0.4, -0.2) is 65.8 Å². The molecule has 178 valence electrons. The van der Waals surface area contributed by atoms with Crippen molar-refractivity contribution in [2.24, 2.45) is 0 Å². The lowest BCUT2D eigenvalue weighted by Gasteiger charge is -2.26. The number of rotatable bonds is 4. The predicted molar refractivity (Wildman–Crippen MR) is 128 cm³/mol. The number of carbonyl (C=O) groups excluding carboxylic acids is 3. The first-order valence-electron chi connectivity index (χ1n) is 11.5. The van der Waals surface area contributed by atoms with Gasteiger partial charge in [0, 0.05) is 36.3 Å². The number of hydrogen-bond acceptors (Lipinski definition) is 5. The lowest BCUT2D eigenvalue weighted by molar-refractivity contribution is -0.122. The maximum Gasteiger partial charge on any atom is 0.323 e. The second-order valence-corrected chi connectivity index (χ2v) is 8.87. The lowest BCUT2D eigenvalue weighted by atomic mass is 9.99. The molecule has 3 N–H and O–H groups in total. The maximum atomic E-state index is 13.0. The highest BCUT2D eigenvalue weighted by molar-refractivity contribution is 6.10. The van der Waals surface area contributed by atoms with Gasteiger partial charge in [-0.3, -0.25) is 20.3 Å². The average molecular weight is 472 g/mol. The summed E-state index contributed by atoms with van der Waals surface area (Å²) in [4.78, 5) is 41.4. The first-order valence-corrected chi connectivity index (χ1v) is 11.5. The molecule has 0 spiro atoms. The van der Waals surface area contributed by atoms with Crippen molar-refractivity contribution in [1.82, 2.24) is 20.4 Å². The number of hydrogen-bond donors (Lipinski definition) is 3. The van der Waals surface area contributed by atoms with Crippen molar-refractivity contribution in [2.45, 2.75) is 24.9 Å². The zero-order valence-corrected chi connectivity index (χ0v) is 19.3. The zero-order valence-electron chi connectivity index (χ0n) is 19.3. The molecule has 0 unspecified atom stereocenters. The Kier molecular flexibility index (Phi) is 5.65. The highest BCUT2D eigenvalue weighted by Crippen LogP contribution is 2.28. The van der Waals surface area contributed by atoms with Crippen molar-refractivity contribution in [3.05, 3.63) is 64.7 Å². The van der Waals surface area contributed by atoms with Gasteiger partial charge in [0.15, 0.2) is 0 Å². The average Bonchev–Trinajstić information content (AvgIpc) is 3.57. The van der Waals surface area contributed by atoms with Gasteiger partial charge < -0.3 is 19.9 Å². The van der Waals surface area contributed by atoms with E-state index in [0.29, 0.717) is 29.3 Å². The van der Waals surface area contributed by atoms with Crippen molar-refractivity contribution >= 4 is 23.7 Å². The van der Waals surface area contributed by atoms with Crippen LogP contribution >= 0.6 is 0 Å². The van der Waals surface area contributed by atoms with E-state index in [1.54, 1.807) is 24.3 Å². The third kappa shape index (κ3) is 4.19. The molecule has 2 fully saturated rings. The third-order valence-corrected chi connectivity index (χ3v) is 6.57. The number of imide groups is 1. The zero-order chi connectivity index (χ0) is 24.6. The van der Waals surface area contributed by atoms with Crippen LogP contribution < -0.4 is 15.4 Å². The minimum Gasteiger partial charge on any atom is -0.497 e. The van der Waals surface area contributed by atoms with E-state index in [2.05, 4.69) is 27.4 Å². The van der Waals surface area contributed by atoms with Crippen LogP contribution in [0.1, 0.15) is 39.9 Å². The van der Waals surface area contributed by atoms with Crippen LogP contribution in [0.3, 0.4) is 0 Å². The Balaban J connectivity index is 1.37. The molecule has 0 aliphatic carbocycles. The van der Waals surface area contributed by atoms with Crippen LogP contribution in [0.2, 0.25) is 0 Å². The van der Waals surface area contributed by atoms with Crippen LogP contribution in [0.5, 0.6) is 5.75 Å². The molecule has 0 radical (unpaired) electrons. The lowest BCUT2D eigenvalue weighted by Crippen LogP contribution is -2.54. The van der Waals surface area contributed by atoms with Gasteiger partial charge in [0.2, 0.25) is 5.54 Å². The van der Waals surface area contributed by atoms with Crippen molar-refractivity contribution < 1.29 is 19.1 Å². The minimum absolute atomic E-state index is 0.0922. The monoisotopic (exact) mass is 471 g/mol. The molecule has 1 atom stereocenters. The first-order chi connectivity index (χ1) is 16.9. The molecular formula is C26H25N5O4. The number of methoxy groups -OCH3 is 1. The summed E-state index contributed by atoms with van der Waals surface area (Å²) in [6, 6.07) is 11.9. The van der Waals surface area contributed by atoms with Gasteiger partial charge in [-0.05, 0) is 42.7 Å². The molecule has 2 saturated heterocycles. The molecule has 4 amide bonds. The molecule has 2 aromatic rings. The van der Waals surface area contributed by atoms with Gasteiger partial charge in [0.05, 0.1) is 13.7 Å². The summed E-state index contributed by atoms with van der Waals surface area (Å²) in [7, 11) is 1.53. The van der Waals surface area contributed by atoms with Gasteiger partial charge in [-0.2, -0.15) is 0 Å². The predicted octanol–water partition coefficient (Wildman–Crippen LogP) is 1.70. The van der Waals surface area contributed by atoms with Crippen LogP contribution in [0.15, 0.2) is 42.5 Å². The van der Waals surface area contributed by atoms with Crippen LogP contribution in [0.25, 0.3) is 0 Å². The molecule has 9 heteroatoms. The summed E-state index contributed by atoms with van der Waals surface area (Å²) in [5.41, 5.74) is 1.19. The summed E-state index contributed by atoms with van der Waals surface area (Å²) < 4.78 is 5.22. The quantitative estimate of drug-likeness (QED) is 0.272. The Morgan fingerprint density at radius 2 is 1.86 bits per heavy atom. The number of amidine groups is 1. The summed E-state index contributed by atoms with van der Waals surface area (Å²) in [6.07, 6.45) is 2.19. The van der Waals surface area contributed by atoms with E-state index in [9.17, 15) is 14.4 Å². The molecule has 3 aliphatic heterocycles. The number of carbonyl (C=O) groups is 3. The van der Waals surface area contributed by atoms with E-state index in [-0.39, 0.29) is 12.5 Å². The van der Waals surface area contributed by atoms with Gasteiger partial charge in [-0.15, -0.1) is 0 Å². The normalized spacial score (nSPS) is 20.8. The van der Waals surface area contributed by atoms with Crippen LogP contribution in [-0.2, 0) is 11.3 Å². The van der Waals surface area contributed by atoms with E-state index in [4.69, 9.17) is 10.1 Å². The van der Waals surface area contributed by atoms with Gasteiger partial charge in [-0.1, -0.05) is 30.0 Å². The highest BCUT2D eigenvalue weighted by Gasteiger charge is 2.48. The number of nitrogens with zero attached hydrogens (tertiary/aromatic N) is 2. The van der Waals surface area contributed by atoms with E-state index < -0.39 is 17.5 Å². The minimum atomic E-state index is -1.57. The fourth-order valence-corrected chi connectivity index (χ4v) is 4.63. The Morgan fingerprint density at radius 3 is 2.51 bits per heavy atom. The van der Waals surface area contributed by atoms with Crippen molar-refractivity contribution in [3.63, 3.8) is 0 Å². The standard InChI is InChI=1S/C26H25N5O4/c1-35-20-9-8-19-15-31(23(32)21(19)14-20)16-26(24(33)28-25(34)29-26)11-10-17-4-6-18(7-5-17)22(27)30-12-2-3-13-30/h4-9,14,27H,2-3,12-13,15-16H2,1H3,(H2,28,29,33,34)/t26-/m1/s1. The number of fused-ring (bicyclic) bond motifs is 1. The molecule has 0 saturated carbocycles. The number of ether oxygens (including phenoxy) is 1. The third-order valence-electron chi connectivity index (χ3n) is 6.57. The van der Waals surface area contributed by atoms with Gasteiger partial charge >= 0.3 is 6.03 Å². The number of benzene rings is 2. The highest BCUT2D eigenvalue weighted by atomic mass is 16.5. The fourth-order valence-electron chi connectivity index (χ4n) is 4.63. The molecule has 0 bridgehead atoms.